The van der Waals surface area contributed by atoms with Crippen LogP contribution in [0.5, 0.6) is 5.75 Å². The van der Waals surface area contributed by atoms with Crippen molar-refractivity contribution in [3.8, 4) is 5.75 Å². The smallest absolute Gasteiger partial charge is 0.260 e. The predicted molar refractivity (Wildman–Crippen MR) is 63.9 cm³/mol. The largest absolute Gasteiger partial charge is 0.480 e. The molecule has 1 aromatic rings. The van der Waals surface area contributed by atoms with Crippen molar-refractivity contribution in [2.45, 2.75) is 38.8 Å². The van der Waals surface area contributed by atoms with Gasteiger partial charge in [0.2, 0.25) is 0 Å². The molecule has 0 N–H and O–H groups in total. The Bertz CT molecular complexity index is 396. The predicted octanol–water partition coefficient (Wildman–Crippen LogP) is 1.46. The van der Waals surface area contributed by atoms with Crippen molar-refractivity contribution in [1.82, 2.24) is 14.7 Å². The lowest BCUT2D eigenvalue weighted by Gasteiger charge is -2.15. The third-order valence-electron chi connectivity index (χ3n) is 2.96. The van der Waals surface area contributed by atoms with Gasteiger partial charge in [0.15, 0.2) is 12.4 Å². The zero-order chi connectivity index (χ0) is 12.4. The molecule has 0 bridgehead atoms. The van der Waals surface area contributed by atoms with Crippen LogP contribution < -0.4 is 4.74 Å². The molecule has 2 rings (SSSR count). The third kappa shape index (κ3) is 2.99. The van der Waals surface area contributed by atoms with Crippen molar-refractivity contribution >= 4 is 5.91 Å². The Morgan fingerprint density at radius 3 is 2.88 bits per heavy atom. The Balaban J connectivity index is 1.82. The molecule has 0 radical (unpaired) electrons. The van der Waals surface area contributed by atoms with Crippen molar-refractivity contribution in [2.75, 3.05) is 13.7 Å². The molecule has 5 heteroatoms. The molecule has 0 saturated heterocycles. The molecule has 0 unspecified atom stereocenters. The second-order valence-electron chi connectivity index (χ2n) is 4.77. The molecule has 5 nitrogen and oxygen atoms in total. The first-order valence-electron chi connectivity index (χ1n) is 6.00. The number of carbonyl (C=O) groups excluding carboxylic acids is 1. The van der Waals surface area contributed by atoms with Crippen LogP contribution in [-0.2, 0) is 4.79 Å². The second-order valence-corrected chi connectivity index (χ2v) is 4.77. The number of hydrogen-bond acceptors (Lipinski definition) is 3. The maximum Gasteiger partial charge on any atom is 0.260 e. The number of hydrogen-bond donors (Lipinski definition) is 0. The van der Waals surface area contributed by atoms with E-state index in [4.69, 9.17) is 4.74 Å². The summed E-state index contributed by atoms with van der Waals surface area (Å²) in [4.78, 5) is 13.5. The summed E-state index contributed by atoms with van der Waals surface area (Å²) in [5, 5.41) is 4.15. The lowest BCUT2D eigenvalue weighted by molar-refractivity contribution is -0.132. The molecule has 17 heavy (non-hydrogen) atoms. The zero-order valence-corrected chi connectivity index (χ0v) is 10.6. The van der Waals surface area contributed by atoms with Gasteiger partial charge in [-0.3, -0.25) is 9.48 Å². The molecule has 94 valence electrons. The van der Waals surface area contributed by atoms with Crippen molar-refractivity contribution in [1.29, 1.82) is 0 Å². The molecule has 1 heterocycles. The van der Waals surface area contributed by atoms with Crippen LogP contribution in [0.25, 0.3) is 0 Å². The van der Waals surface area contributed by atoms with Gasteiger partial charge in [-0.25, -0.2) is 0 Å². The average molecular weight is 237 g/mol. The van der Waals surface area contributed by atoms with Gasteiger partial charge in [0.25, 0.3) is 5.91 Å². The van der Waals surface area contributed by atoms with E-state index in [-0.39, 0.29) is 12.5 Å². The molecule has 0 atom stereocenters. The van der Waals surface area contributed by atoms with Crippen LogP contribution in [0.2, 0.25) is 0 Å². The van der Waals surface area contributed by atoms with Gasteiger partial charge in [-0.05, 0) is 26.7 Å². The molecular formula is C12H19N3O2. The minimum atomic E-state index is 0.0322. The highest BCUT2D eigenvalue weighted by atomic mass is 16.5. The highest BCUT2D eigenvalue weighted by molar-refractivity contribution is 5.78. The summed E-state index contributed by atoms with van der Waals surface area (Å²) in [5.41, 5.74) is 0. The number of amides is 1. The molecular weight excluding hydrogens is 218 g/mol. The lowest BCUT2D eigenvalue weighted by Crippen LogP contribution is -2.33. The normalized spacial score (nSPS) is 15.1. The minimum absolute atomic E-state index is 0.0322. The topological polar surface area (TPSA) is 47.4 Å². The number of ether oxygens (including phenoxy) is 1. The molecule has 1 fully saturated rings. The van der Waals surface area contributed by atoms with Crippen LogP contribution in [0, 0.1) is 0 Å². The SMILES string of the molecule is CC(C)n1cc(OCC(=O)N(C)C2CC2)cn1. The summed E-state index contributed by atoms with van der Waals surface area (Å²) < 4.78 is 7.23. The fraction of sp³-hybridized carbons (Fsp3) is 0.667. The molecule has 1 aromatic heterocycles. The van der Waals surface area contributed by atoms with Gasteiger partial charge in [-0.1, -0.05) is 0 Å². The summed E-state index contributed by atoms with van der Waals surface area (Å²) in [7, 11) is 1.83. The Kier molecular flexibility index (Phi) is 3.36. The molecule has 1 saturated carbocycles. The van der Waals surface area contributed by atoms with Gasteiger partial charge in [-0.2, -0.15) is 5.10 Å². The zero-order valence-electron chi connectivity index (χ0n) is 10.6. The van der Waals surface area contributed by atoms with Gasteiger partial charge >= 0.3 is 0 Å². The van der Waals surface area contributed by atoms with Gasteiger partial charge in [0.1, 0.15) is 0 Å². The highest BCUT2D eigenvalue weighted by Crippen LogP contribution is 2.25. The van der Waals surface area contributed by atoms with E-state index in [1.807, 2.05) is 31.8 Å². The summed E-state index contributed by atoms with van der Waals surface area (Å²) >= 11 is 0. The molecule has 0 aliphatic heterocycles. The minimum Gasteiger partial charge on any atom is -0.480 e. The number of nitrogens with zero attached hydrogens (tertiary/aromatic N) is 3. The molecule has 1 aliphatic carbocycles. The molecule has 0 aromatic carbocycles. The molecule has 1 aliphatic rings. The number of rotatable bonds is 5. The molecule has 1 amide bonds. The van der Waals surface area contributed by atoms with E-state index in [1.54, 1.807) is 11.1 Å². The fourth-order valence-electron chi connectivity index (χ4n) is 1.59. The number of aromatic nitrogens is 2. The van der Waals surface area contributed by atoms with Crippen molar-refractivity contribution in [3.05, 3.63) is 12.4 Å². The number of likely N-dealkylation sites (N-methyl/N-ethyl adjacent to an activating group) is 1. The van der Waals surface area contributed by atoms with Crippen LogP contribution in [0.15, 0.2) is 12.4 Å². The van der Waals surface area contributed by atoms with Crippen LogP contribution in [-0.4, -0.2) is 40.3 Å². The average Bonchev–Trinajstić information content (AvgIpc) is 3.03. The van der Waals surface area contributed by atoms with Crippen molar-refractivity contribution in [2.24, 2.45) is 0 Å². The van der Waals surface area contributed by atoms with E-state index in [2.05, 4.69) is 5.10 Å². The summed E-state index contributed by atoms with van der Waals surface area (Å²) in [6.45, 7) is 4.18. The standard InChI is InChI=1S/C12H19N3O2/c1-9(2)15-7-11(6-13-15)17-8-12(16)14(3)10-4-5-10/h6-7,9-10H,4-5,8H2,1-3H3. The lowest BCUT2D eigenvalue weighted by atomic mass is 10.4. The summed E-state index contributed by atoms with van der Waals surface area (Å²) in [6, 6.07) is 0.738. The maximum atomic E-state index is 11.7. The maximum absolute atomic E-state index is 11.7. The quantitative estimate of drug-likeness (QED) is 0.779. The first kappa shape index (κ1) is 12.0. The van der Waals surface area contributed by atoms with Crippen LogP contribution in [0.3, 0.4) is 0 Å². The van der Waals surface area contributed by atoms with Crippen molar-refractivity contribution in [3.63, 3.8) is 0 Å². The number of carbonyl (C=O) groups is 1. The van der Waals surface area contributed by atoms with Crippen LogP contribution in [0.4, 0.5) is 0 Å². The van der Waals surface area contributed by atoms with Gasteiger partial charge in [0, 0.05) is 19.1 Å². The Morgan fingerprint density at radius 1 is 1.65 bits per heavy atom. The Labute approximate surface area is 101 Å². The van der Waals surface area contributed by atoms with E-state index < -0.39 is 0 Å². The van der Waals surface area contributed by atoms with Gasteiger partial charge < -0.3 is 9.64 Å². The molecule has 0 spiro atoms. The van der Waals surface area contributed by atoms with Gasteiger partial charge in [0.05, 0.1) is 12.4 Å². The summed E-state index contributed by atoms with van der Waals surface area (Å²) in [5.74, 6) is 0.682. The van der Waals surface area contributed by atoms with E-state index in [1.165, 1.54) is 0 Å². The Morgan fingerprint density at radius 2 is 2.35 bits per heavy atom. The fourth-order valence-corrected chi connectivity index (χ4v) is 1.59. The van der Waals surface area contributed by atoms with Crippen LogP contribution in [0.1, 0.15) is 32.7 Å². The van der Waals surface area contributed by atoms with Gasteiger partial charge in [-0.15, -0.1) is 0 Å². The van der Waals surface area contributed by atoms with Crippen LogP contribution >= 0.6 is 0 Å². The summed E-state index contributed by atoms with van der Waals surface area (Å²) in [6.07, 6.45) is 5.69. The van der Waals surface area contributed by atoms with E-state index in [9.17, 15) is 4.79 Å². The van der Waals surface area contributed by atoms with E-state index >= 15 is 0 Å². The van der Waals surface area contributed by atoms with Crippen molar-refractivity contribution < 1.29 is 9.53 Å². The van der Waals surface area contributed by atoms with E-state index in [0.29, 0.717) is 17.8 Å². The van der Waals surface area contributed by atoms with E-state index in [0.717, 1.165) is 12.8 Å². The first-order valence-corrected chi connectivity index (χ1v) is 6.00. The third-order valence-corrected chi connectivity index (χ3v) is 2.96. The second kappa shape index (κ2) is 4.77. The Hall–Kier alpha value is -1.52. The first-order chi connectivity index (χ1) is 8.08. The monoisotopic (exact) mass is 237 g/mol. The highest BCUT2D eigenvalue weighted by Gasteiger charge is 2.29.